The maximum Gasteiger partial charge on any atom is 0.451 e. The van der Waals surface area contributed by atoms with Gasteiger partial charge in [-0.1, -0.05) is 49.7 Å². The standard InChI is InChI=1S/C33H32ClF3N4O7S/c1-19(2)29(39-30(44)20-7-9-21(10-8-20)31(45)40-49(47,48)26-13-11-24(34)12-14-26)32(46)41(18-28(43)38-17-27(42)33(35,36)37)25-15-22-5-3-4-6-23(22)16-25/h3-14,19,25,29H,15-18H2,1-2H3,(H,38,43)(H,39,44)(H,40,45)/t29-/m0/s1. The highest BCUT2D eigenvalue weighted by atomic mass is 35.5. The van der Waals surface area contributed by atoms with Crippen LogP contribution in [0.2, 0.25) is 5.02 Å². The second-order valence-corrected chi connectivity index (χ2v) is 13.8. The first-order valence-electron chi connectivity index (χ1n) is 14.9. The number of carbonyl (C=O) groups excluding carboxylic acids is 5. The van der Waals surface area contributed by atoms with Crippen molar-refractivity contribution in [2.24, 2.45) is 5.92 Å². The fourth-order valence-electron chi connectivity index (χ4n) is 5.18. The van der Waals surface area contributed by atoms with Crippen LogP contribution >= 0.6 is 11.6 Å². The number of sulfonamides is 1. The van der Waals surface area contributed by atoms with Crippen LogP contribution in [0.4, 0.5) is 13.2 Å². The van der Waals surface area contributed by atoms with Crippen LogP contribution in [0.25, 0.3) is 0 Å². The summed E-state index contributed by atoms with van der Waals surface area (Å²) in [4.78, 5) is 65.0. The minimum Gasteiger partial charge on any atom is -0.347 e. The molecule has 1 aliphatic rings. The van der Waals surface area contributed by atoms with Gasteiger partial charge in [0.25, 0.3) is 27.6 Å². The number of alkyl halides is 3. The van der Waals surface area contributed by atoms with E-state index in [2.05, 4.69) is 5.32 Å². The number of benzene rings is 3. The van der Waals surface area contributed by atoms with Crippen molar-refractivity contribution >= 4 is 51.0 Å². The number of nitrogens with zero attached hydrogens (tertiary/aromatic N) is 1. The topological polar surface area (TPSA) is 159 Å². The SMILES string of the molecule is CC(C)[C@H](NC(=O)c1ccc(C(=O)NS(=O)(=O)c2ccc(Cl)cc2)cc1)C(=O)N(CC(=O)NCC(=O)C(F)(F)F)C1Cc2ccccc2C1. The highest BCUT2D eigenvalue weighted by Gasteiger charge is 2.39. The van der Waals surface area contributed by atoms with E-state index in [4.69, 9.17) is 11.6 Å². The summed E-state index contributed by atoms with van der Waals surface area (Å²) in [6.07, 6.45) is -4.43. The highest BCUT2D eigenvalue weighted by Crippen LogP contribution is 2.27. The lowest BCUT2D eigenvalue weighted by Crippen LogP contribution is -2.56. The lowest BCUT2D eigenvalue weighted by molar-refractivity contribution is -0.170. The van der Waals surface area contributed by atoms with Crippen LogP contribution in [0.1, 0.15) is 45.7 Å². The summed E-state index contributed by atoms with van der Waals surface area (Å²) < 4.78 is 65.2. The molecule has 0 bridgehead atoms. The molecular formula is C33H32ClF3N4O7S. The lowest BCUT2D eigenvalue weighted by Gasteiger charge is -2.33. The number of carbonyl (C=O) groups is 5. The third-order valence-electron chi connectivity index (χ3n) is 7.81. The van der Waals surface area contributed by atoms with Gasteiger partial charge in [-0.2, -0.15) is 13.2 Å². The minimum absolute atomic E-state index is 0.0267. The Morgan fingerprint density at radius 2 is 1.39 bits per heavy atom. The Balaban J connectivity index is 1.48. The molecule has 16 heteroatoms. The number of nitrogens with one attached hydrogen (secondary N) is 3. The van der Waals surface area contributed by atoms with Gasteiger partial charge in [-0.05, 0) is 78.4 Å². The quantitative estimate of drug-likeness (QED) is 0.259. The molecule has 0 aliphatic heterocycles. The van der Waals surface area contributed by atoms with Gasteiger partial charge in [-0.3, -0.25) is 24.0 Å². The smallest absolute Gasteiger partial charge is 0.347 e. The van der Waals surface area contributed by atoms with Gasteiger partial charge in [-0.25, -0.2) is 13.1 Å². The predicted molar refractivity (Wildman–Crippen MR) is 172 cm³/mol. The molecule has 11 nitrogen and oxygen atoms in total. The Labute approximate surface area is 285 Å². The number of hydrogen-bond acceptors (Lipinski definition) is 7. The number of rotatable bonds is 12. The van der Waals surface area contributed by atoms with E-state index >= 15 is 0 Å². The van der Waals surface area contributed by atoms with Crippen molar-refractivity contribution in [3.05, 3.63) is 100 Å². The van der Waals surface area contributed by atoms with E-state index in [9.17, 15) is 45.6 Å². The average Bonchev–Trinajstić information content (AvgIpc) is 3.48. The van der Waals surface area contributed by atoms with Gasteiger partial charge in [0.2, 0.25) is 11.8 Å². The molecule has 0 saturated heterocycles. The van der Waals surface area contributed by atoms with Crippen molar-refractivity contribution in [2.45, 2.75) is 49.8 Å². The molecule has 3 aromatic carbocycles. The van der Waals surface area contributed by atoms with Crippen LogP contribution in [-0.2, 0) is 37.2 Å². The number of Topliss-reactive ketones (excluding diaryl/α,β-unsaturated/α-hetero) is 1. The van der Waals surface area contributed by atoms with Gasteiger partial charge in [0.15, 0.2) is 0 Å². The van der Waals surface area contributed by atoms with Crippen molar-refractivity contribution in [1.82, 2.24) is 20.3 Å². The van der Waals surface area contributed by atoms with Crippen molar-refractivity contribution in [1.29, 1.82) is 0 Å². The van der Waals surface area contributed by atoms with E-state index in [1.165, 1.54) is 53.4 Å². The Hall–Kier alpha value is -4.76. The maximum atomic E-state index is 14.0. The number of fused-ring (bicyclic) bond motifs is 1. The van der Waals surface area contributed by atoms with Gasteiger partial charge in [0.1, 0.15) is 6.04 Å². The first-order chi connectivity index (χ1) is 23.0. The molecule has 0 spiro atoms. The van der Waals surface area contributed by atoms with Crippen LogP contribution in [-0.4, -0.2) is 74.1 Å². The van der Waals surface area contributed by atoms with Crippen LogP contribution in [0.3, 0.4) is 0 Å². The second kappa shape index (κ2) is 15.2. The van der Waals surface area contributed by atoms with Crippen LogP contribution in [0, 0.1) is 5.92 Å². The Kier molecular flexibility index (Phi) is 11.5. The first kappa shape index (κ1) is 37.1. The molecule has 260 valence electrons. The monoisotopic (exact) mass is 720 g/mol. The normalized spacial score (nSPS) is 13.7. The van der Waals surface area contributed by atoms with Crippen LogP contribution in [0.15, 0.2) is 77.7 Å². The molecule has 1 atom stereocenters. The van der Waals surface area contributed by atoms with E-state index in [-0.39, 0.29) is 16.0 Å². The van der Waals surface area contributed by atoms with Gasteiger partial charge >= 0.3 is 6.18 Å². The largest absolute Gasteiger partial charge is 0.451 e. The summed E-state index contributed by atoms with van der Waals surface area (Å²) in [7, 11) is -4.22. The van der Waals surface area contributed by atoms with E-state index in [1.54, 1.807) is 13.8 Å². The van der Waals surface area contributed by atoms with E-state index in [0.29, 0.717) is 17.9 Å². The number of hydrogen-bond donors (Lipinski definition) is 3. The van der Waals surface area contributed by atoms with Gasteiger partial charge in [0, 0.05) is 22.2 Å². The van der Waals surface area contributed by atoms with Gasteiger partial charge < -0.3 is 15.5 Å². The molecule has 4 amide bonds. The predicted octanol–water partition coefficient (Wildman–Crippen LogP) is 3.46. The van der Waals surface area contributed by atoms with Crippen molar-refractivity contribution in [3.8, 4) is 0 Å². The third kappa shape index (κ3) is 9.44. The second-order valence-electron chi connectivity index (χ2n) is 11.7. The Morgan fingerprint density at radius 3 is 1.90 bits per heavy atom. The summed E-state index contributed by atoms with van der Waals surface area (Å²) in [6, 6.07) is 15.7. The van der Waals surface area contributed by atoms with E-state index in [0.717, 1.165) is 11.1 Å². The first-order valence-corrected chi connectivity index (χ1v) is 16.8. The lowest BCUT2D eigenvalue weighted by atomic mass is 10.00. The van der Waals surface area contributed by atoms with E-state index in [1.807, 2.05) is 34.3 Å². The molecule has 0 unspecified atom stereocenters. The maximum absolute atomic E-state index is 14.0. The molecule has 0 fully saturated rings. The molecule has 4 rings (SSSR count). The summed E-state index contributed by atoms with van der Waals surface area (Å²) in [5.74, 6) is -5.99. The number of ketones is 1. The molecule has 0 aromatic heterocycles. The van der Waals surface area contributed by atoms with Crippen LogP contribution < -0.4 is 15.4 Å². The fourth-order valence-corrected chi connectivity index (χ4v) is 6.28. The fraction of sp³-hybridized carbons (Fsp3) is 0.303. The zero-order valence-corrected chi connectivity index (χ0v) is 27.8. The highest BCUT2D eigenvalue weighted by molar-refractivity contribution is 7.90. The van der Waals surface area contributed by atoms with Crippen molar-refractivity contribution in [2.75, 3.05) is 13.1 Å². The molecule has 49 heavy (non-hydrogen) atoms. The Bertz CT molecular complexity index is 1830. The van der Waals surface area contributed by atoms with Gasteiger partial charge in [0.05, 0.1) is 18.0 Å². The minimum atomic E-state index is -5.14. The van der Waals surface area contributed by atoms with Gasteiger partial charge in [-0.15, -0.1) is 0 Å². The molecule has 1 aliphatic carbocycles. The summed E-state index contributed by atoms with van der Waals surface area (Å²) >= 11 is 5.79. The molecular weight excluding hydrogens is 689 g/mol. The molecule has 0 heterocycles. The summed E-state index contributed by atoms with van der Waals surface area (Å²) in [5, 5.41) is 4.88. The Morgan fingerprint density at radius 1 is 0.857 bits per heavy atom. The summed E-state index contributed by atoms with van der Waals surface area (Å²) in [5.41, 5.74) is 1.80. The number of halogens is 4. The zero-order valence-electron chi connectivity index (χ0n) is 26.2. The molecule has 3 aromatic rings. The van der Waals surface area contributed by atoms with Crippen molar-refractivity contribution < 1.29 is 45.6 Å². The summed E-state index contributed by atoms with van der Waals surface area (Å²) in [6.45, 7) is 1.35. The number of amides is 4. The molecule has 3 N–H and O–H groups in total. The van der Waals surface area contributed by atoms with E-state index < -0.39 is 76.7 Å². The molecule has 0 radical (unpaired) electrons. The third-order valence-corrected chi connectivity index (χ3v) is 9.41. The van der Waals surface area contributed by atoms with Crippen molar-refractivity contribution in [3.63, 3.8) is 0 Å². The zero-order chi connectivity index (χ0) is 36.1. The average molecular weight is 721 g/mol. The van der Waals surface area contributed by atoms with Crippen LogP contribution in [0.5, 0.6) is 0 Å². The molecule has 0 saturated carbocycles.